The van der Waals surface area contributed by atoms with Crippen molar-refractivity contribution < 1.29 is 0 Å². The summed E-state index contributed by atoms with van der Waals surface area (Å²) in [6.45, 7) is 2.28. The van der Waals surface area contributed by atoms with Gasteiger partial charge in [0.1, 0.15) is 0 Å². The molecule has 1 aromatic carbocycles. The van der Waals surface area contributed by atoms with Crippen LogP contribution in [0.25, 0.3) is 0 Å². The third kappa shape index (κ3) is 12.2. The Kier molecular flexibility index (Phi) is 14.7. The normalized spacial score (nSPS) is 10.5. The molecule has 1 radical (unpaired) electrons. The molecule has 0 fully saturated rings. The lowest BCUT2D eigenvalue weighted by Gasteiger charge is -2.04. The van der Waals surface area contributed by atoms with Crippen LogP contribution in [0.15, 0.2) is 23.1 Å². The summed E-state index contributed by atoms with van der Waals surface area (Å²) in [5.74, 6) is 6.72. The van der Waals surface area contributed by atoms with Gasteiger partial charge in [-0.05, 0) is 37.1 Å². The standard InChI is InChI=1S/C24H37S/c1-3-4-5-6-7-8-9-10-11-12-13-14-15-16-17-20-23-21-18-19-22-24(23)25-2/h18-19,21H,3-13,16-17,20H2,1-2H3. The summed E-state index contributed by atoms with van der Waals surface area (Å²) in [5.41, 5.74) is 1.42. The minimum Gasteiger partial charge on any atom is -0.129 e. The van der Waals surface area contributed by atoms with Crippen molar-refractivity contribution in [1.29, 1.82) is 0 Å². The summed E-state index contributed by atoms with van der Waals surface area (Å²) < 4.78 is 0. The second kappa shape index (κ2) is 16.6. The number of benzene rings is 1. The van der Waals surface area contributed by atoms with E-state index in [1.54, 1.807) is 11.8 Å². The van der Waals surface area contributed by atoms with E-state index < -0.39 is 0 Å². The van der Waals surface area contributed by atoms with Gasteiger partial charge in [-0.1, -0.05) is 82.9 Å². The number of hydrogen-bond acceptors (Lipinski definition) is 1. The van der Waals surface area contributed by atoms with Crippen molar-refractivity contribution in [1.82, 2.24) is 0 Å². The summed E-state index contributed by atoms with van der Waals surface area (Å²) in [5, 5.41) is 0. The average molecular weight is 358 g/mol. The van der Waals surface area contributed by atoms with Crippen molar-refractivity contribution in [3.63, 3.8) is 0 Å². The molecule has 0 aliphatic carbocycles. The van der Waals surface area contributed by atoms with Gasteiger partial charge >= 0.3 is 0 Å². The third-order valence-electron chi connectivity index (χ3n) is 4.63. The van der Waals surface area contributed by atoms with Crippen molar-refractivity contribution >= 4 is 11.8 Å². The van der Waals surface area contributed by atoms with Crippen molar-refractivity contribution in [2.24, 2.45) is 0 Å². The Morgan fingerprint density at radius 2 is 1.44 bits per heavy atom. The van der Waals surface area contributed by atoms with Crippen LogP contribution in [-0.4, -0.2) is 6.26 Å². The number of thioether (sulfide) groups is 1. The van der Waals surface area contributed by atoms with Crippen LogP contribution in [0.1, 0.15) is 96.0 Å². The van der Waals surface area contributed by atoms with Crippen molar-refractivity contribution in [3.8, 4) is 11.8 Å². The van der Waals surface area contributed by atoms with E-state index >= 15 is 0 Å². The zero-order valence-corrected chi connectivity index (χ0v) is 17.4. The topological polar surface area (TPSA) is 0 Å². The highest BCUT2D eigenvalue weighted by atomic mass is 32.2. The molecule has 1 rings (SSSR count). The van der Waals surface area contributed by atoms with E-state index in [0.29, 0.717) is 0 Å². The molecule has 0 N–H and O–H groups in total. The SMILES string of the molecule is CCCCCCCCCCCCC#CCCCc1ccc[c]c1SC. The average Bonchev–Trinajstić information content (AvgIpc) is 2.65. The van der Waals surface area contributed by atoms with Crippen LogP contribution >= 0.6 is 11.8 Å². The highest BCUT2D eigenvalue weighted by molar-refractivity contribution is 7.98. The quantitative estimate of drug-likeness (QED) is 0.185. The molecule has 0 aliphatic heterocycles. The fraction of sp³-hybridized carbons (Fsp3) is 0.667. The lowest BCUT2D eigenvalue weighted by atomic mass is 10.1. The predicted octanol–water partition coefficient (Wildman–Crippen LogP) is 7.85. The Morgan fingerprint density at radius 3 is 2.08 bits per heavy atom. The summed E-state index contributed by atoms with van der Waals surface area (Å²) >= 11 is 1.79. The summed E-state index contributed by atoms with van der Waals surface area (Å²) in [6.07, 6.45) is 20.5. The molecule has 25 heavy (non-hydrogen) atoms. The highest BCUT2D eigenvalue weighted by Gasteiger charge is 1.99. The Labute approximate surface area is 161 Å². The Hall–Kier alpha value is -0.870. The Morgan fingerprint density at radius 1 is 0.840 bits per heavy atom. The molecule has 0 saturated carbocycles. The van der Waals surface area contributed by atoms with E-state index in [2.05, 4.69) is 43.2 Å². The van der Waals surface area contributed by atoms with Gasteiger partial charge in [-0.2, -0.15) is 0 Å². The van der Waals surface area contributed by atoms with Crippen LogP contribution in [-0.2, 0) is 6.42 Å². The van der Waals surface area contributed by atoms with Gasteiger partial charge in [0.2, 0.25) is 0 Å². The lowest BCUT2D eigenvalue weighted by molar-refractivity contribution is 0.558. The van der Waals surface area contributed by atoms with E-state index in [1.807, 2.05) is 6.07 Å². The first-order chi connectivity index (χ1) is 12.4. The van der Waals surface area contributed by atoms with E-state index in [4.69, 9.17) is 0 Å². The van der Waals surface area contributed by atoms with E-state index in [-0.39, 0.29) is 0 Å². The minimum absolute atomic E-state index is 1.03. The molecule has 0 unspecified atom stereocenters. The Bertz CT molecular complexity index is 480. The van der Waals surface area contributed by atoms with Crippen LogP contribution in [0.5, 0.6) is 0 Å². The lowest BCUT2D eigenvalue weighted by Crippen LogP contribution is -1.88. The molecule has 1 aromatic rings. The number of rotatable bonds is 14. The molecule has 0 spiro atoms. The number of hydrogen-bond donors (Lipinski definition) is 0. The molecule has 0 saturated heterocycles. The maximum Gasteiger partial charge on any atom is 0.0180 e. The van der Waals surface area contributed by atoms with Gasteiger partial charge < -0.3 is 0 Å². The Balaban J connectivity index is 1.91. The van der Waals surface area contributed by atoms with Crippen molar-refractivity contribution in [2.45, 2.75) is 102 Å². The highest BCUT2D eigenvalue weighted by Crippen LogP contribution is 2.20. The summed E-state index contributed by atoms with van der Waals surface area (Å²) in [4.78, 5) is 1.29. The fourth-order valence-corrected chi connectivity index (χ4v) is 3.71. The van der Waals surface area contributed by atoms with Gasteiger partial charge in [0, 0.05) is 17.7 Å². The predicted molar refractivity (Wildman–Crippen MR) is 114 cm³/mol. The van der Waals surface area contributed by atoms with Gasteiger partial charge in [0.15, 0.2) is 0 Å². The minimum atomic E-state index is 1.03. The largest absolute Gasteiger partial charge is 0.129 e. The molecular formula is C24H37S. The summed E-state index contributed by atoms with van der Waals surface area (Å²) in [6, 6.07) is 9.63. The molecule has 0 aromatic heterocycles. The van der Waals surface area contributed by atoms with Crippen LogP contribution in [0.4, 0.5) is 0 Å². The van der Waals surface area contributed by atoms with Crippen molar-refractivity contribution in [2.75, 3.05) is 6.26 Å². The monoisotopic (exact) mass is 357 g/mol. The van der Waals surface area contributed by atoms with Gasteiger partial charge in [-0.25, -0.2) is 0 Å². The molecule has 0 aliphatic rings. The second-order valence-electron chi connectivity index (χ2n) is 6.87. The van der Waals surface area contributed by atoms with Crippen LogP contribution in [0, 0.1) is 17.9 Å². The second-order valence-corrected chi connectivity index (χ2v) is 7.68. The molecule has 0 bridgehead atoms. The molecule has 0 atom stereocenters. The first-order valence-corrected chi connectivity index (χ1v) is 11.6. The van der Waals surface area contributed by atoms with E-state index in [0.717, 1.165) is 25.7 Å². The van der Waals surface area contributed by atoms with E-state index in [9.17, 15) is 0 Å². The van der Waals surface area contributed by atoms with Gasteiger partial charge in [-0.15, -0.1) is 23.6 Å². The first kappa shape index (κ1) is 22.2. The zero-order chi connectivity index (χ0) is 18.0. The molecule has 0 amide bonds. The van der Waals surface area contributed by atoms with Gasteiger partial charge in [0.05, 0.1) is 0 Å². The first-order valence-electron chi connectivity index (χ1n) is 10.4. The molecule has 139 valence electrons. The molecular weight excluding hydrogens is 320 g/mol. The zero-order valence-electron chi connectivity index (χ0n) is 16.5. The van der Waals surface area contributed by atoms with Gasteiger partial charge in [-0.3, -0.25) is 0 Å². The van der Waals surface area contributed by atoms with Crippen LogP contribution < -0.4 is 0 Å². The summed E-state index contributed by atoms with van der Waals surface area (Å²) in [7, 11) is 0. The van der Waals surface area contributed by atoms with Crippen LogP contribution in [0.2, 0.25) is 0 Å². The van der Waals surface area contributed by atoms with Gasteiger partial charge in [0.25, 0.3) is 0 Å². The van der Waals surface area contributed by atoms with Crippen LogP contribution in [0.3, 0.4) is 0 Å². The smallest absolute Gasteiger partial charge is 0.0180 e. The molecule has 0 nitrogen and oxygen atoms in total. The number of unbranched alkanes of at least 4 members (excludes halogenated alkanes) is 11. The molecule has 1 heteroatoms. The molecule has 0 heterocycles. The van der Waals surface area contributed by atoms with Crippen molar-refractivity contribution in [3.05, 3.63) is 29.8 Å². The maximum atomic E-state index is 3.36. The number of aryl methyl sites for hydroxylation is 1. The van der Waals surface area contributed by atoms with E-state index in [1.165, 1.54) is 74.7 Å². The fourth-order valence-electron chi connectivity index (χ4n) is 3.09. The third-order valence-corrected chi connectivity index (χ3v) is 5.42. The maximum absolute atomic E-state index is 3.36.